The molecule has 0 aromatic heterocycles. The molecule has 0 unspecified atom stereocenters. The van der Waals surface area contributed by atoms with Gasteiger partial charge < -0.3 is 10.6 Å². The Labute approximate surface area is 148 Å². The smallest absolute Gasteiger partial charge is 0.175 e. The zero-order valence-corrected chi connectivity index (χ0v) is 14.6. The lowest BCUT2D eigenvalue weighted by Crippen LogP contribution is -2.19. The van der Waals surface area contributed by atoms with Crippen molar-refractivity contribution in [2.45, 2.75) is 6.92 Å². The third-order valence-corrected chi connectivity index (χ3v) is 4.45. The Balaban J connectivity index is 2.15. The third kappa shape index (κ3) is 4.15. The highest BCUT2D eigenvalue weighted by atomic mass is 35.5. The third-order valence-electron chi connectivity index (χ3n) is 2.70. The molecule has 0 aliphatic carbocycles. The minimum atomic E-state index is 0.350. The van der Waals surface area contributed by atoms with Crippen molar-refractivity contribution < 1.29 is 0 Å². The summed E-state index contributed by atoms with van der Waals surface area (Å²) < 4.78 is 0. The second-order valence-corrected chi connectivity index (χ2v) is 6.27. The predicted octanol–water partition coefficient (Wildman–Crippen LogP) is 6.42. The fraction of sp³-hybridized carbons (Fsp3) is 0.0714. The highest BCUT2D eigenvalue weighted by Gasteiger charge is 2.10. The van der Waals surface area contributed by atoms with Gasteiger partial charge in [0.15, 0.2) is 5.11 Å². The van der Waals surface area contributed by atoms with E-state index >= 15 is 0 Å². The van der Waals surface area contributed by atoms with E-state index in [2.05, 4.69) is 10.6 Å². The molecule has 0 heterocycles. The summed E-state index contributed by atoms with van der Waals surface area (Å²) in [6, 6.07) is 8.72. The van der Waals surface area contributed by atoms with E-state index in [1.807, 2.05) is 13.0 Å². The van der Waals surface area contributed by atoms with Crippen LogP contribution < -0.4 is 10.6 Å². The van der Waals surface area contributed by atoms with Crippen LogP contribution in [-0.4, -0.2) is 5.11 Å². The molecule has 0 saturated heterocycles. The van der Waals surface area contributed by atoms with Gasteiger partial charge in [-0.3, -0.25) is 0 Å². The van der Waals surface area contributed by atoms with Crippen LogP contribution in [0.15, 0.2) is 30.3 Å². The van der Waals surface area contributed by atoms with E-state index in [1.165, 1.54) is 0 Å². The lowest BCUT2D eigenvalue weighted by Gasteiger charge is -2.14. The molecule has 0 aliphatic heterocycles. The summed E-state index contributed by atoms with van der Waals surface area (Å²) in [5.41, 5.74) is 2.18. The quantitative estimate of drug-likeness (QED) is 0.588. The number of nitrogens with one attached hydrogen (secondary N) is 2. The molecular weight excluding hydrogens is 370 g/mol. The highest BCUT2D eigenvalue weighted by Crippen LogP contribution is 2.33. The molecule has 2 N–H and O–H groups in total. The van der Waals surface area contributed by atoms with Crippen molar-refractivity contribution in [3.63, 3.8) is 0 Å². The van der Waals surface area contributed by atoms with Gasteiger partial charge in [0.25, 0.3) is 0 Å². The van der Waals surface area contributed by atoms with E-state index in [-0.39, 0.29) is 0 Å². The Bertz CT molecular complexity index is 704. The molecule has 2 aromatic rings. The Morgan fingerprint density at radius 3 is 2.24 bits per heavy atom. The highest BCUT2D eigenvalue weighted by molar-refractivity contribution is 7.80. The average molecular weight is 380 g/mol. The molecule has 0 radical (unpaired) electrons. The van der Waals surface area contributed by atoms with Crippen LogP contribution in [0.1, 0.15) is 5.56 Å². The van der Waals surface area contributed by atoms with Crippen LogP contribution in [0, 0.1) is 6.92 Å². The lowest BCUT2D eigenvalue weighted by molar-refractivity contribution is 1.46. The largest absolute Gasteiger partial charge is 0.332 e. The molecule has 0 spiro atoms. The molecule has 0 atom stereocenters. The van der Waals surface area contributed by atoms with Gasteiger partial charge in [0.2, 0.25) is 0 Å². The van der Waals surface area contributed by atoms with E-state index in [4.69, 9.17) is 58.6 Å². The minimum Gasteiger partial charge on any atom is -0.332 e. The van der Waals surface area contributed by atoms with Gasteiger partial charge in [0.1, 0.15) is 0 Å². The number of halogens is 4. The number of aryl methyl sites for hydroxylation is 1. The standard InChI is InChI=1S/C14H10Cl4N2S/c1-7-2-4-10(16)13(12(7)18)20-14(21)19-8-3-5-9(15)11(17)6-8/h2-6H,1H3,(H2,19,20,21). The molecule has 2 aromatic carbocycles. The summed E-state index contributed by atoms with van der Waals surface area (Å²) in [5, 5.41) is 8.26. The molecule has 7 heteroatoms. The molecule has 21 heavy (non-hydrogen) atoms. The van der Waals surface area contributed by atoms with Crippen molar-refractivity contribution in [1.82, 2.24) is 0 Å². The topological polar surface area (TPSA) is 24.1 Å². The van der Waals surface area contributed by atoms with Gasteiger partial charge in [-0.05, 0) is 49.0 Å². The molecular formula is C14H10Cl4N2S. The zero-order valence-electron chi connectivity index (χ0n) is 10.8. The number of hydrogen-bond donors (Lipinski definition) is 2. The monoisotopic (exact) mass is 378 g/mol. The average Bonchev–Trinajstić information content (AvgIpc) is 2.43. The van der Waals surface area contributed by atoms with Crippen LogP contribution in [0.25, 0.3) is 0 Å². The Morgan fingerprint density at radius 2 is 1.57 bits per heavy atom. The number of hydrogen-bond acceptors (Lipinski definition) is 1. The number of thiocarbonyl (C=S) groups is 1. The van der Waals surface area contributed by atoms with Gasteiger partial charge >= 0.3 is 0 Å². The van der Waals surface area contributed by atoms with Crippen LogP contribution in [0.4, 0.5) is 11.4 Å². The van der Waals surface area contributed by atoms with Crippen molar-refractivity contribution in [2.75, 3.05) is 10.6 Å². The summed E-state index contributed by atoms with van der Waals surface area (Å²) >= 11 is 29.4. The molecule has 2 nitrogen and oxygen atoms in total. The van der Waals surface area contributed by atoms with Gasteiger partial charge in [-0.25, -0.2) is 0 Å². The number of anilines is 2. The number of benzene rings is 2. The first-order valence-corrected chi connectivity index (χ1v) is 7.78. The maximum atomic E-state index is 6.22. The Kier molecular flexibility index (Phi) is 5.58. The zero-order chi connectivity index (χ0) is 15.6. The maximum Gasteiger partial charge on any atom is 0.175 e. The fourth-order valence-electron chi connectivity index (χ4n) is 1.62. The number of rotatable bonds is 2. The van der Waals surface area contributed by atoms with Crippen LogP contribution in [0.5, 0.6) is 0 Å². The van der Waals surface area contributed by atoms with E-state index < -0.39 is 0 Å². The predicted molar refractivity (Wildman–Crippen MR) is 97.5 cm³/mol. The molecule has 0 amide bonds. The summed E-state index contributed by atoms with van der Waals surface area (Å²) in [5.74, 6) is 0. The van der Waals surface area contributed by atoms with E-state index in [9.17, 15) is 0 Å². The molecule has 0 saturated carbocycles. The molecule has 0 fully saturated rings. The Hall–Kier alpha value is -0.710. The first kappa shape index (κ1) is 16.7. The van der Waals surface area contributed by atoms with Crippen LogP contribution in [0.3, 0.4) is 0 Å². The summed E-state index contributed by atoms with van der Waals surface area (Å²) in [6.45, 7) is 1.89. The molecule has 110 valence electrons. The maximum absolute atomic E-state index is 6.22. The van der Waals surface area contributed by atoms with Crippen molar-refractivity contribution in [3.05, 3.63) is 56.0 Å². The molecule has 2 rings (SSSR count). The van der Waals surface area contributed by atoms with Gasteiger partial charge in [-0.2, -0.15) is 0 Å². The summed E-state index contributed by atoms with van der Waals surface area (Å²) in [7, 11) is 0. The van der Waals surface area contributed by atoms with Crippen molar-refractivity contribution in [3.8, 4) is 0 Å². The fourth-order valence-corrected chi connectivity index (χ4v) is 2.60. The van der Waals surface area contributed by atoms with Crippen molar-refractivity contribution >= 4 is 75.1 Å². The Morgan fingerprint density at radius 1 is 0.905 bits per heavy atom. The van der Waals surface area contributed by atoms with Gasteiger partial charge in [-0.15, -0.1) is 0 Å². The second-order valence-electron chi connectivity index (χ2n) is 4.26. The van der Waals surface area contributed by atoms with E-state index in [0.717, 1.165) is 5.56 Å². The minimum absolute atomic E-state index is 0.350. The van der Waals surface area contributed by atoms with Gasteiger partial charge in [0, 0.05) is 5.69 Å². The van der Waals surface area contributed by atoms with E-state index in [1.54, 1.807) is 24.3 Å². The normalized spacial score (nSPS) is 10.3. The second kappa shape index (κ2) is 7.03. The first-order chi connectivity index (χ1) is 9.88. The first-order valence-electron chi connectivity index (χ1n) is 5.86. The molecule has 0 bridgehead atoms. The van der Waals surface area contributed by atoms with Gasteiger partial charge in [-0.1, -0.05) is 52.5 Å². The summed E-state index contributed by atoms with van der Waals surface area (Å²) in [4.78, 5) is 0. The lowest BCUT2D eigenvalue weighted by atomic mass is 10.2. The van der Waals surface area contributed by atoms with Crippen LogP contribution >= 0.6 is 58.6 Å². The van der Waals surface area contributed by atoms with Crippen molar-refractivity contribution in [1.29, 1.82) is 0 Å². The van der Waals surface area contributed by atoms with Crippen molar-refractivity contribution in [2.24, 2.45) is 0 Å². The van der Waals surface area contributed by atoms with Crippen LogP contribution in [0.2, 0.25) is 20.1 Å². The van der Waals surface area contributed by atoms with Crippen LogP contribution in [-0.2, 0) is 0 Å². The summed E-state index contributed by atoms with van der Waals surface area (Å²) in [6.07, 6.45) is 0. The molecule has 0 aliphatic rings. The SMILES string of the molecule is Cc1ccc(Cl)c(NC(=S)Nc2ccc(Cl)c(Cl)c2)c1Cl. The van der Waals surface area contributed by atoms with Gasteiger partial charge in [0.05, 0.1) is 25.8 Å². The van der Waals surface area contributed by atoms with E-state index in [0.29, 0.717) is 36.6 Å².